The van der Waals surface area contributed by atoms with Crippen LogP contribution in [0, 0.1) is 0 Å². The van der Waals surface area contributed by atoms with Crippen LogP contribution in [0.2, 0.25) is 0 Å². The number of benzene rings is 2. The van der Waals surface area contributed by atoms with Crippen molar-refractivity contribution in [2.24, 2.45) is 0 Å². The number of unbranched alkanes of at least 4 members (excludes halogenated alkanes) is 3. The molecule has 1 atom stereocenters. The maximum atomic E-state index is 12.5. The van der Waals surface area contributed by atoms with E-state index in [4.69, 9.17) is 4.74 Å². The number of carbonyl (C=O) groups excluding carboxylic acids is 2. The molecule has 0 spiro atoms. The predicted molar refractivity (Wildman–Crippen MR) is 134 cm³/mol. The van der Waals surface area contributed by atoms with Gasteiger partial charge in [0.25, 0.3) is 0 Å². The van der Waals surface area contributed by atoms with Crippen molar-refractivity contribution in [2.45, 2.75) is 44.1 Å². The molecule has 0 aliphatic heterocycles. The lowest BCUT2D eigenvalue weighted by Crippen LogP contribution is -2.48. The van der Waals surface area contributed by atoms with Gasteiger partial charge in [-0.25, -0.2) is 4.79 Å². The lowest BCUT2D eigenvalue weighted by atomic mass is 9.98. The molecule has 7 nitrogen and oxygen atoms in total. The summed E-state index contributed by atoms with van der Waals surface area (Å²) in [5, 5.41) is 14.3. The zero-order chi connectivity index (χ0) is 24.3. The van der Waals surface area contributed by atoms with Crippen LogP contribution in [0.5, 0.6) is 0 Å². The van der Waals surface area contributed by atoms with E-state index in [0.717, 1.165) is 53.7 Å². The summed E-state index contributed by atoms with van der Waals surface area (Å²) >= 11 is 1.81. The standard InChI is InChI=1S/C26H32N2O5S/c1-34-15-9-3-2-8-14-27-25(31)23(16-24(29)30)28-26(32)33-17-22-20-12-6-4-10-18(20)19-11-5-7-13-21(19)22/h4-7,10-13,22-23H,2-3,8-9,14-17H2,1H3,(H,27,31)(H,28,32)(H,29,30). The minimum atomic E-state index is -1.19. The Morgan fingerprint density at radius 3 is 2.21 bits per heavy atom. The number of thioether (sulfide) groups is 1. The number of carbonyl (C=O) groups is 3. The Kier molecular flexibility index (Phi) is 9.82. The minimum absolute atomic E-state index is 0.0946. The van der Waals surface area contributed by atoms with Gasteiger partial charge in [-0.05, 0) is 47.1 Å². The molecule has 0 radical (unpaired) electrons. The van der Waals surface area contributed by atoms with Crippen molar-refractivity contribution >= 4 is 29.7 Å². The number of hydrogen-bond acceptors (Lipinski definition) is 5. The second-order valence-electron chi connectivity index (χ2n) is 8.32. The molecular weight excluding hydrogens is 452 g/mol. The molecular formula is C26H32N2O5S. The van der Waals surface area contributed by atoms with Crippen molar-refractivity contribution in [3.05, 3.63) is 59.7 Å². The van der Waals surface area contributed by atoms with Crippen LogP contribution in [0.15, 0.2) is 48.5 Å². The van der Waals surface area contributed by atoms with Crippen LogP contribution in [0.4, 0.5) is 4.79 Å². The molecule has 34 heavy (non-hydrogen) atoms. The molecule has 0 heterocycles. The Balaban J connectivity index is 1.52. The fraction of sp³-hybridized carbons (Fsp3) is 0.423. The Morgan fingerprint density at radius 2 is 1.59 bits per heavy atom. The monoisotopic (exact) mass is 484 g/mol. The topological polar surface area (TPSA) is 105 Å². The van der Waals surface area contributed by atoms with Gasteiger partial charge in [0.15, 0.2) is 0 Å². The summed E-state index contributed by atoms with van der Waals surface area (Å²) < 4.78 is 5.46. The third-order valence-corrected chi connectivity index (χ3v) is 6.60. The van der Waals surface area contributed by atoms with E-state index in [1.807, 2.05) is 60.3 Å². The molecule has 8 heteroatoms. The largest absolute Gasteiger partial charge is 0.481 e. The summed E-state index contributed by atoms with van der Waals surface area (Å²) in [6, 6.07) is 14.8. The Morgan fingerprint density at radius 1 is 0.971 bits per heavy atom. The first-order valence-electron chi connectivity index (χ1n) is 11.6. The van der Waals surface area contributed by atoms with E-state index in [1.165, 1.54) is 0 Å². The molecule has 1 aliphatic carbocycles. The fourth-order valence-corrected chi connectivity index (χ4v) is 4.72. The van der Waals surface area contributed by atoms with Crippen LogP contribution in [0.1, 0.15) is 49.1 Å². The summed E-state index contributed by atoms with van der Waals surface area (Å²) in [6.07, 6.45) is 4.79. The summed E-state index contributed by atoms with van der Waals surface area (Å²) in [5.41, 5.74) is 4.38. The number of ether oxygens (including phenoxy) is 1. The van der Waals surface area contributed by atoms with Crippen molar-refractivity contribution in [3.8, 4) is 11.1 Å². The van der Waals surface area contributed by atoms with Gasteiger partial charge in [0, 0.05) is 12.5 Å². The average Bonchev–Trinajstić information content (AvgIpc) is 3.15. The van der Waals surface area contributed by atoms with Gasteiger partial charge >= 0.3 is 12.1 Å². The number of fused-ring (bicyclic) bond motifs is 3. The van der Waals surface area contributed by atoms with Gasteiger partial charge in [-0.1, -0.05) is 61.4 Å². The Hall–Kier alpha value is -3.00. The molecule has 3 rings (SSSR count). The normalized spacial score (nSPS) is 13.0. The summed E-state index contributed by atoms with van der Waals surface area (Å²) in [4.78, 5) is 36.2. The molecule has 3 N–H and O–H groups in total. The number of rotatable bonds is 13. The van der Waals surface area contributed by atoms with Crippen molar-refractivity contribution in [2.75, 3.05) is 25.2 Å². The molecule has 0 bridgehead atoms. The van der Waals surface area contributed by atoms with Gasteiger partial charge in [0.1, 0.15) is 12.6 Å². The van der Waals surface area contributed by atoms with Crippen LogP contribution in [0.3, 0.4) is 0 Å². The number of carboxylic acid groups (broad SMARTS) is 1. The highest BCUT2D eigenvalue weighted by atomic mass is 32.2. The first-order valence-corrected chi connectivity index (χ1v) is 13.0. The molecule has 2 amide bonds. The molecule has 1 aliphatic rings. The highest BCUT2D eigenvalue weighted by Gasteiger charge is 2.30. The molecule has 0 aromatic heterocycles. The zero-order valence-electron chi connectivity index (χ0n) is 19.4. The van der Waals surface area contributed by atoms with Crippen molar-refractivity contribution in [1.82, 2.24) is 10.6 Å². The number of alkyl carbamates (subject to hydrolysis) is 1. The van der Waals surface area contributed by atoms with Crippen LogP contribution in [-0.4, -0.2) is 54.3 Å². The molecule has 0 fully saturated rings. The van der Waals surface area contributed by atoms with E-state index in [9.17, 15) is 19.5 Å². The second-order valence-corrected chi connectivity index (χ2v) is 9.30. The first kappa shape index (κ1) is 25.6. The maximum Gasteiger partial charge on any atom is 0.407 e. The minimum Gasteiger partial charge on any atom is -0.481 e. The molecule has 2 aromatic carbocycles. The number of carboxylic acids is 1. The van der Waals surface area contributed by atoms with Gasteiger partial charge in [-0.3, -0.25) is 9.59 Å². The highest BCUT2D eigenvalue weighted by molar-refractivity contribution is 7.98. The number of amides is 2. The number of aliphatic carboxylic acids is 1. The number of hydrogen-bond donors (Lipinski definition) is 3. The van der Waals surface area contributed by atoms with E-state index in [-0.39, 0.29) is 12.5 Å². The summed E-state index contributed by atoms with van der Waals surface area (Å²) in [6.45, 7) is 0.540. The smallest absolute Gasteiger partial charge is 0.407 e. The number of nitrogens with one attached hydrogen (secondary N) is 2. The molecule has 2 aromatic rings. The lowest BCUT2D eigenvalue weighted by Gasteiger charge is -2.18. The van der Waals surface area contributed by atoms with Crippen molar-refractivity contribution in [1.29, 1.82) is 0 Å². The molecule has 0 saturated heterocycles. The lowest BCUT2D eigenvalue weighted by molar-refractivity contribution is -0.139. The van der Waals surface area contributed by atoms with E-state index < -0.39 is 30.4 Å². The van der Waals surface area contributed by atoms with Gasteiger partial charge in [0.05, 0.1) is 6.42 Å². The molecule has 182 valence electrons. The van der Waals surface area contributed by atoms with Crippen LogP contribution < -0.4 is 10.6 Å². The van der Waals surface area contributed by atoms with Crippen molar-refractivity contribution < 1.29 is 24.2 Å². The fourth-order valence-electron chi connectivity index (χ4n) is 4.23. The van der Waals surface area contributed by atoms with E-state index in [1.54, 1.807) is 0 Å². The van der Waals surface area contributed by atoms with Crippen LogP contribution >= 0.6 is 11.8 Å². The summed E-state index contributed by atoms with van der Waals surface area (Å²) in [7, 11) is 0. The third kappa shape index (κ3) is 7.00. The Labute approximate surface area is 204 Å². The predicted octanol–water partition coefficient (Wildman–Crippen LogP) is 4.41. The third-order valence-electron chi connectivity index (χ3n) is 5.91. The van der Waals surface area contributed by atoms with Crippen LogP contribution in [0.25, 0.3) is 11.1 Å². The van der Waals surface area contributed by atoms with E-state index in [0.29, 0.717) is 6.54 Å². The van der Waals surface area contributed by atoms with E-state index in [2.05, 4.69) is 16.9 Å². The quantitative estimate of drug-likeness (QED) is 0.364. The van der Waals surface area contributed by atoms with Gasteiger partial charge in [-0.2, -0.15) is 11.8 Å². The first-order chi connectivity index (χ1) is 16.5. The van der Waals surface area contributed by atoms with Crippen molar-refractivity contribution in [3.63, 3.8) is 0 Å². The second kappa shape index (κ2) is 13.0. The average molecular weight is 485 g/mol. The van der Waals surface area contributed by atoms with Gasteiger partial charge < -0.3 is 20.5 Å². The van der Waals surface area contributed by atoms with Gasteiger partial charge in [0.2, 0.25) is 5.91 Å². The van der Waals surface area contributed by atoms with Crippen LogP contribution in [-0.2, 0) is 14.3 Å². The zero-order valence-corrected chi connectivity index (χ0v) is 20.2. The molecule has 1 unspecified atom stereocenters. The Bertz CT molecular complexity index is 951. The summed E-state index contributed by atoms with van der Waals surface area (Å²) in [5.74, 6) is -0.677. The van der Waals surface area contributed by atoms with E-state index >= 15 is 0 Å². The highest BCUT2D eigenvalue weighted by Crippen LogP contribution is 2.44. The molecule has 0 saturated carbocycles. The SMILES string of the molecule is CSCCCCCCNC(=O)C(CC(=O)O)NC(=O)OCC1c2ccccc2-c2ccccc21. The van der Waals surface area contributed by atoms with Gasteiger partial charge in [-0.15, -0.1) is 0 Å². The maximum absolute atomic E-state index is 12.5.